The van der Waals surface area contributed by atoms with Gasteiger partial charge in [0.15, 0.2) is 5.82 Å². The van der Waals surface area contributed by atoms with Crippen molar-refractivity contribution >= 4 is 21.7 Å². The van der Waals surface area contributed by atoms with Gasteiger partial charge in [0.2, 0.25) is 0 Å². The van der Waals surface area contributed by atoms with Crippen molar-refractivity contribution in [1.82, 2.24) is 9.55 Å². The maximum atomic E-state index is 12.5. The summed E-state index contributed by atoms with van der Waals surface area (Å²) in [6, 6.07) is 0.886. The van der Waals surface area contributed by atoms with Crippen LogP contribution in [0.25, 0.3) is 0 Å². The summed E-state index contributed by atoms with van der Waals surface area (Å²) in [6.07, 6.45) is 10.6. The van der Waals surface area contributed by atoms with E-state index < -0.39 is 0 Å². The fourth-order valence-electron chi connectivity index (χ4n) is 2.96. The van der Waals surface area contributed by atoms with Gasteiger partial charge in [-0.05, 0) is 38.5 Å². The Morgan fingerprint density at radius 2 is 2.16 bits per heavy atom. The molecule has 2 fully saturated rings. The molecule has 0 spiro atoms. The molecule has 1 saturated heterocycles. The van der Waals surface area contributed by atoms with E-state index in [4.69, 9.17) is 0 Å². The molecule has 1 atom stereocenters. The van der Waals surface area contributed by atoms with E-state index in [1.165, 1.54) is 12.8 Å². The average Bonchev–Trinajstić information content (AvgIpc) is 3.25. The zero-order valence-electron chi connectivity index (χ0n) is 11.1. The third kappa shape index (κ3) is 2.71. The van der Waals surface area contributed by atoms with Crippen molar-refractivity contribution < 1.29 is 0 Å². The highest BCUT2D eigenvalue weighted by molar-refractivity contribution is 9.09. The van der Waals surface area contributed by atoms with Crippen LogP contribution in [0.5, 0.6) is 0 Å². The molecular formula is C14H20BrN3O. The van der Waals surface area contributed by atoms with Gasteiger partial charge >= 0.3 is 0 Å². The number of piperidine rings is 1. The molecule has 1 aromatic heterocycles. The SMILES string of the molecule is O=c1c(N2CCCCC2CCBr)nccn1C1CC1. The molecule has 19 heavy (non-hydrogen) atoms. The van der Waals surface area contributed by atoms with Gasteiger partial charge < -0.3 is 9.47 Å². The standard InChI is InChI=1S/C14H20BrN3O/c15-7-6-11-3-1-2-9-17(11)13-14(19)18(10-8-16-13)12-4-5-12/h8,10-12H,1-7,9H2. The monoisotopic (exact) mass is 325 g/mol. The predicted molar refractivity (Wildman–Crippen MR) is 80.2 cm³/mol. The third-order valence-corrected chi connectivity index (χ3v) is 4.59. The maximum absolute atomic E-state index is 12.5. The van der Waals surface area contributed by atoms with Gasteiger partial charge in [-0.2, -0.15) is 0 Å². The summed E-state index contributed by atoms with van der Waals surface area (Å²) < 4.78 is 1.88. The van der Waals surface area contributed by atoms with Gasteiger partial charge in [0.1, 0.15) is 0 Å². The molecule has 1 aromatic rings. The van der Waals surface area contributed by atoms with E-state index in [2.05, 4.69) is 25.8 Å². The van der Waals surface area contributed by atoms with Gasteiger partial charge in [0.05, 0.1) is 0 Å². The van der Waals surface area contributed by atoms with Crippen LogP contribution in [0.1, 0.15) is 44.6 Å². The van der Waals surface area contributed by atoms with Crippen LogP contribution in [0, 0.1) is 0 Å². The third-order valence-electron chi connectivity index (χ3n) is 4.13. The molecule has 0 N–H and O–H groups in total. The van der Waals surface area contributed by atoms with Crippen LogP contribution in [-0.4, -0.2) is 27.5 Å². The molecule has 0 bridgehead atoms. The molecule has 104 valence electrons. The van der Waals surface area contributed by atoms with Crippen LogP contribution in [0.3, 0.4) is 0 Å². The second-order valence-electron chi connectivity index (χ2n) is 5.52. The molecule has 1 saturated carbocycles. The van der Waals surface area contributed by atoms with E-state index in [0.29, 0.717) is 17.9 Å². The summed E-state index contributed by atoms with van der Waals surface area (Å²) >= 11 is 3.52. The lowest BCUT2D eigenvalue weighted by atomic mass is 10.0. The number of hydrogen-bond donors (Lipinski definition) is 0. The Labute approximate surface area is 122 Å². The van der Waals surface area contributed by atoms with Gasteiger partial charge in [-0.3, -0.25) is 4.79 Å². The van der Waals surface area contributed by atoms with E-state index >= 15 is 0 Å². The second kappa shape index (κ2) is 5.65. The number of halogens is 1. The first kappa shape index (κ1) is 13.2. The van der Waals surface area contributed by atoms with Crippen molar-refractivity contribution in [3.05, 3.63) is 22.7 Å². The predicted octanol–water partition coefficient (Wildman–Crippen LogP) is 2.72. The number of rotatable bonds is 4. The first-order chi connectivity index (χ1) is 9.31. The number of alkyl halides is 1. The van der Waals surface area contributed by atoms with Crippen molar-refractivity contribution in [1.29, 1.82) is 0 Å². The van der Waals surface area contributed by atoms with Gasteiger partial charge in [-0.25, -0.2) is 4.98 Å². The normalized spacial score (nSPS) is 23.6. The fourth-order valence-corrected chi connectivity index (χ4v) is 3.49. The summed E-state index contributed by atoms with van der Waals surface area (Å²) in [5, 5.41) is 0.984. The lowest BCUT2D eigenvalue weighted by Gasteiger charge is -2.36. The molecular weight excluding hydrogens is 306 g/mol. The topological polar surface area (TPSA) is 38.1 Å². The Bertz CT molecular complexity index is 496. The van der Waals surface area contributed by atoms with Gasteiger partial charge in [0, 0.05) is 36.4 Å². The largest absolute Gasteiger partial charge is 0.349 e. The van der Waals surface area contributed by atoms with Crippen LogP contribution in [-0.2, 0) is 0 Å². The Morgan fingerprint density at radius 1 is 1.32 bits per heavy atom. The van der Waals surface area contributed by atoms with Crippen molar-refractivity contribution in [2.45, 2.75) is 50.6 Å². The zero-order chi connectivity index (χ0) is 13.2. The first-order valence-electron chi connectivity index (χ1n) is 7.21. The highest BCUT2D eigenvalue weighted by Gasteiger charge is 2.29. The van der Waals surface area contributed by atoms with Crippen LogP contribution in [0.2, 0.25) is 0 Å². The summed E-state index contributed by atoms with van der Waals surface area (Å²) in [4.78, 5) is 19.2. The zero-order valence-corrected chi connectivity index (χ0v) is 12.7. The summed E-state index contributed by atoms with van der Waals surface area (Å²) in [5.41, 5.74) is 0.103. The van der Waals surface area contributed by atoms with Crippen molar-refractivity contribution in [3.63, 3.8) is 0 Å². The lowest BCUT2D eigenvalue weighted by molar-refractivity contribution is 0.446. The van der Waals surface area contributed by atoms with Crippen LogP contribution in [0.15, 0.2) is 17.2 Å². The van der Waals surface area contributed by atoms with E-state index in [-0.39, 0.29) is 5.56 Å². The molecule has 0 aromatic carbocycles. The maximum Gasteiger partial charge on any atom is 0.293 e. The summed E-state index contributed by atoms with van der Waals surface area (Å²) in [6.45, 7) is 0.967. The highest BCUT2D eigenvalue weighted by Crippen LogP contribution is 2.33. The second-order valence-corrected chi connectivity index (χ2v) is 6.31. The van der Waals surface area contributed by atoms with Crippen LogP contribution < -0.4 is 10.5 Å². The van der Waals surface area contributed by atoms with Crippen molar-refractivity contribution in [3.8, 4) is 0 Å². The van der Waals surface area contributed by atoms with E-state index in [1.807, 2.05) is 10.8 Å². The first-order valence-corrected chi connectivity index (χ1v) is 8.33. The molecule has 2 aliphatic rings. The Hall–Kier alpha value is -0.840. The van der Waals surface area contributed by atoms with Gasteiger partial charge in [-0.15, -0.1) is 0 Å². The van der Waals surface area contributed by atoms with Crippen molar-refractivity contribution in [2.24, 2.45) is 0 Å². The summed E-state index contributed by atoms with van der Waals surface area (Å²) in [5.74, 6) is 0.667. The summed E-state index contributed by atoms with van der Waals surface area (Å²) in [7, 11) is 0. The Morgan fingerprint density at radius 3 is 2.89 bits per heavy atom. The molecule has 0 radical (unpaired) electrons. The van der Waals surface area contributed by atoms with Crippen LogP contribution in [0.4, 0.5) is 5.82 Å². The van der Waals surface area contributed by atoms with Crippen molar-refractivity contribution in [2.75, 3.05) is 16.8 Å². The number of hydrogen-bond acceptors (Lipinski definition) is 3. The van der Waals surface area contributed by atoms with E-state index in [9.17, 15) is 4.79 Å². The molecule has 1 aliphatic carbocycles. The average molecular weight is 326 g/mol. The number of aromatic nitrogens is 2. The smallest absolute Gasteiger partial charge is 0.293 e. The molecule has 1 unspecified atom stereocenters. The van der Waals surface area contributed by atoms with E-state index in [0.717, 1.165) is 37.6 Å². The highest BCUT2D eigenvalue weighted by atomic mass is 79.9. The number of nitrogens with zero attached hydrogens (tertiary/aromatic N) is 3. The fraction of sp³-hybridized carbons (Fsp3) is 0.714. The molecule has 0 amide bonds. The molecule has 1 aliphatic heterocycles. The Kier molecular flexibility index (Phi) is 3.91. The number of anilines is 1. The Balaban J connectivity index is 1.91. The minimum Gasteiger partial charge on any atom is -0.349 e. The molecule has 4 nitrogen and oxygen atoms in total. The van der Waals surface area contributed by atoms with Crippen LogP contribution >= 0.6 is 15.9 Å². The van der Waals surface area contributed by atoms with E-state index in [1.54, 1.807) is 6.20 Å². The molecule has 5 heteroatoms. The van der Waals surface area contributed by atoms with Gasteiger partial charge in [0.25, 0.3) is 5.56 Å². The quantitative estimate of drug-likeness (QED) is 0.799. The minimum atomic E-state index is 0.103. The molecule has 2 heterocycles. The van der Waals surface area contributed by atoms with Gasteiger partial charge in [-0.1, -0.05) is 15.9 Å². The lowest BCUT2D eigenvalue weighted by Crippen LogP contribution is -2.44. The molecule has 3 rings (SSSR count). The minimum absolute atomic E-state index is 0.103.